The monoisotopic (exact) mass is 678 g/mol. The Hall–Kier alpha value is -5.13. The Bertz CT molecular complexity index is 1800. The number of nitrogen functional groups attached to an aromatic ring is 1. The number of anilines is 1. The molecule has 0 fully saturated rings. The second-order valence-electron chi connectivity index (χ2n) is 10.7. The Morgan fingerprint density at radius 3 is 2.12 bits per heavy atom. The number of carbonyl (C=O) groups excluding carboxylic acids is 3. The van der Waals surface area contributed by atoms with Crippen LogP contribution in [0.2, 0.25) is 0 Å². The molecule has 5 atom stereocenters. The quantitative estimate of drug-likeness (QED) is 0.105. The molecule has 2 heterocycles. The molecule has 1 unspecified atom stereocenters. The maximum atomic E-state index is 13.6. The number of nitrogens with two attached hydrogens (primary N) is 1. The number of nitrogens with one attached hydrogen (secondary N) is 1. The summed E-state index contributed by atoms with van der Waals surface area (Å²) in [6.07, 6.45) is -2.61. The van der Waals surface area contributed by atoms with Gasteiger partial charge in [-0.25, -0.2) is 24.2 Å². The highest BCUT2D eigenvalue weighted by Crippen LogP contribution is 2.37. The van der Waals surface area contributed by atoms with Crippen LogP contribution in [0.1, 0.15) is 53.3 Å². The summed E-state index contributed by atoms with van der Waals surface area (Å²) >= 11 is 0. The first-order valence-corrected chi connectivity index (χ1v) is 16.0. The van der Waals surface area contributed by atoms with Crippen LogP contribution in [0.5, 0.6) is 0 Å². The van der Waals surface area contributed by atoms with Gasteiger partial charge in [-0.15, -0.1) is 0 Å². The van der Waals surface area contributed by atoms with Crippen molar-refractivity contribution in [1.82, 2.24) is 19.7 Å². The molecule has 0 bridgehead atoms. The van der Waals surface area contributed by atoms with Crippen LogP contribution >= 0.6 is 8.18 Å². The van der Waals surface area contributed by atoms with Crippen LogP contribution in [-0.2, 0) is 32.8 Å². The Morgan fingerprint density at radius 2 is 1.56 bits per heavy atom. The summed E-state index contributed by atoms with van der Waals surface area (Å²) in [6.45, 7) is 3.98. The van der Waals surface area contributed by atoms with Gasteiger partial charge in [-0.3, -0.25) is 9.36 Å². The molecule has 3 N–H and O–H groups in total. The van der Waals surface area contributed by atoms with Crippen LogP contribution in [0.4, 0.5) is 5.82 Å². The van der Waals surface area contributed by atoms with Gasteiger partial charge in [0.1, 0.15) is 30.6 Å². The van der Waals surface area contributed by atoms with Gasteiger partial charge in [0.05, 0.1) is 22.9 Å². The van der Waals surface area contributed by atoms with E-state index in [1.165, 1.54) is 48.1 Å². The fraction of sp³-hybridized carbons (Fsp3) is 0.312. The van der Waals surface area contributed by atoms with Crippen LogP contribution in [0.15, 0.2) is 79.1 Å². The number of nitrogens with zero attached hydrogens (tertiary/aromatic N) is 4. The van der Waals surface area contributed by atoms with Crippen molar-refractivity contribution in [3.05, 3.63) is 95.9 Å². The maximum absolute atomic E-state index is 13.6. The zero-order valence-electron chi connectivity index (χ0n) is 26.6. The molecule has 0 saturated heterocycles. The fourth-order valence-corrected chi connectivity index (χ4v) is 5.47. The third-order valence-corrected chi connectivity index (χ3v) is 8.11. The number of nitriles is 1. The van der Waals surface area contributed by atoms with E-state index in [0.29, 0.717) is 5.52 Å². The number of benzene rings is 2. The molecule has 48 heavy (non-hydrogen) atoms. The van der Waals surface area contributed by atoms with E-state index in [4.69, 9.17) is 29.2 Å². The number of methoxy groups -OCH3 is 1. The van der Waals surface area contributed by atoms with Crippen molar-refractivity contribution in [3.63, 3.8) is 0 Å². The number of hydrogen-bond acceptors (Lipinski definition) is 13. The number of hydrogen-bond donors (Lipinski definition) is 2. The first-order chi connectivity index (χ1) is 23.0. The lowest BCUT2D eigenvalue weighted by atomic mass is 9.92. The van der Waals surface area contributed by atoms with Gasteiger partial charge in [-0.1, -0.05) is 36.4 Å². The summed E-state index contributed by atoms with van der Waals surface area (Å²) in [5.41, 5.74) is 4.52. The standard InChI is InChI=1S/C32H35N6O9P/c1-20(2)45-29(39)21(3)37-48(42)44-18-32(17-33,43-4)27(47-31(41)23-13-9-6-10-14-23)26(46-30(40)22-11-7-5-8-12-22)24-15-16-25-28(34)35-19-36-38(24)25/h5-16,19-21,26-27,48H,18H2,1-4H3,(H,37,42)(H2,34,35,36)/t21-,26-,27-,32+/m0/s1. The van der Waals surface area contributed by atoms with E-state index >= 15 is 0 Å². The molecule has 0 aliphatic heterocycles. The summed E-state index contributed by atoms with van der Waals surface area (Å²) in [4.78, 5) is 43.4. The van der Waals surface area contributed by atoms with E-state index in [-0.39, 0.29) is 22.6 Å². The summed E-state index contributed by atoms with van der Waals surface area (Å²) in [6, 6.07) is 19.9. The van der Waals surface area contributed by atoms with Crippen LogP contribution in [0.3, 0.4) is 0 Å². The molecule has 4 rings (SSSR count). The van der Waals surface area contributed by atoms with Crippen LogP contribution in [0, 0.1) is 11.3 Å². The molecule has 252 valence electrons. The zero-order valence-corrected chi connectivity index (χ0v) is 27.6. The number of aromatic nitrogens is 3. The van der Waals surface area contributed by atoms with E-state index in [2.05, 4.69) is 15.2 Å². The Morgan fingerprint density at radius 1 is 0.958 bits per heavy atom. The lowest BCUT2D eigenvalue weighted by Gasteiger charge is -2.37. The summed E-state index contributed by atoms with van der Waals surface area (Å²) in [7, 11) is -2.09. The van der Waals surface area contributed by atoms with E-state index in [9.17, 15) is 24.2 Å². The maximum Gasteiger partial charge on any atom is 0.338 e. The number of fused-ring (bicyclic) bond motifs is 1. The highest BCUT2D eigenvalue weighted by molar-refractivity contribution is 7.36. The van der Waals surface area contributed by atoms with Crippen molar-refractivity contribution in [2.45, 2.75) is 50.7 Å². The second kappa shape index (κ2) is 16.1. The van der Waals surface area contributed by atoms with Crippen molar-refractivity contribution >= 4 is 37.4 Å². The van der Waals surface area contributed by atoms with Gasteiger partial charge in [-0.05, 0) is 57.2 Å². The van der Waals surface area contributed by atoms with Gasteiger partial charge >= 0.3 is 17.9 Å². The number of rotatable bonds is 15. The first kappa shape index (κ1) is 35.7. The molecule has 0 aliphatic rings. The van der Waals surface area contributed by atoms with Gasteiger partial charge in [0.25, 0.3) is 8.18 Å². The molecule has 0 radical (unpaired) electrons. The Kier molecular flexibility index (Phi) is 12.0. The fourth-order valence-electron chi connectivity index (χ4n) is 4.57. The minimum Gasteiger partial charge on any atom is -0.462 e. The van der Waals surface area contributed by atoms with E-state index in [0.717, 1.165) is 7.11 Å². The molecular weight excluding hydrogens is 643 g/mol. The predicted octanol–water partition coefficient (Wildman–Crippen LogP) is 3.68. The van der Waals surface area contributed by atoms with Crippen molar-refractivity contribution in [2.75, 3.05) is 19.5 Å². The third kappa shape index (κ3) is 8.41. The number of esters is 3. The van der Waals surface area contributed by atoms with Gasteiger partial charge in [-0.2, -0.15) is 10.4 Å². The van der Waals surface area contributed by atoms with Crippen molar-refractivity contribution in [2.24, 2.45) is 0 Å². The minimum atomic E-state index is -3.24. The molecule has 2 aromatic heterocycles. The molecular formula is C32H35N6O9P. The molecule has 0 aliphatic carbocycles. The molecule has 2 aromatic carbocycles. The highest BCUT2D eigenvalue weighted by atomic mass is 31.1. The lowest BCUT2D eigenvalue weighted by molar-refractivity contribution is -0.149. The van der Waals surface area contributed by atoms with E-state index < -0.39 is 62.6 Å². The largest absolute Gasteiger partial charge is 0.462 e. The summed E-state index contributed by atoms with van der Waals surface area (Å²) < 4.78 is 42.7. The first-order valence-electron chi connectivity index (χ1n) is 14.7. The molecule has 0 spiro atoms. The van der Waals surface area contributed by atoms with Crippen LogP contribution in [-0.4, -0.2) is 70.1 Å². The van der Waals surface area contributed by atoms with Crippen molar-refractivity contribution < 1.29 is 42.4 Å². The SMILES string of the molecule is CO[C@](C#N)(CO[PH](=O)N[C@@H](C)C(=O)OC(C)C)[C@@H](OC(=O)c1ccccc1)[C@@H](OC(=O)c1ccccc1)c1ccc2c(N)ncnn12. The topological polar surface area (TPSA) is 206 Å². The van der Waals surface area contributed by atoms with E-state index in [1.807, 2.05) is 6.07 Å². The highest BCUT2D eigenvalue weighted by Gasteiger charge is 2.51. The second-order valence-corrected chi connectivity index (χ2v) is 11.9. The van der Waals surface area contributed by atoms with E-state index in [1.54, 1.807) is 56.3 Å². The zero-order chi connectivity index (χ0) is 34.8. The smallest absolute Gasteiger partial charge is 0.338 e. The van der Waals surface area contributed by atoms with Crippen LogP contribution < -0.4 is 10.8 Å². The number of ether oxygens (including phenoxy) is 4. The normalized spacial score (nSPS) is 15.0. The van der Waals surface area contributed by atoms with Crippen molar-refractivity contribution in [1.29, 1.82) is 5.26 Å². The molecule has 16 heteroatoms. The summed E-state index contributed by atoms with van der Waals surface area (Å²) in [5.74, 6) is -2.31. The third-order valence-electron chi connectivity index (χ3n) is 7.04. The Balaban J connectivity index is 1.79. The van der Waals surface area contributed by atoms with Gasteiger partial charge in [0.15, 0.2) is 18.0 Å². The van der Waals surface area contributed by atoms with Gasteiger partial charge in [0.2, 0.25) is 5.60 Å². The summed E-state index contributed by atoms with van der Waals surface area (Å²) in [5, 5.41) is 17.4. The van der Waals surface area contributed by atoms with Crippen molar-refractivity contribution in [3.8, 4) is 6.07 Å². The van der Waals surface area contributed by atoms with Crippen LogP contribution in [0.25, 0.3) is 5.52 Å². The van der Waals surface area contributed by atoms with Gasteiger partial charge < -0.3 is 29.2 Å². The number of carbonyl (C=O) groups is 3. The minimum absolute atomic E-state index is 0.0959. The predicted molar refractivity (Wildman–Crippen MR) is 172 cm³/mol. The Labute approximate surface area is 276 Å². The molecule has 4 aromatic rings. The molecule has 0 saturated carbocycles. The lowest BCUT2D eigenvalue weighted by Crippen LogP contribution is -2.53. The van der Waals surface area contributed by atoms with Gasteiger partial charge in [0, 0.05) is 7.11 Å². The molecule has 0 amide bonds. The average Bonchev–Trinajstić information content (AvgIpc) is 3.53. The average molecular weight is 679 g/mol. The molecule has 15 nitrogen and oxygen atoms in total.